The third-order valence-electron chi connectivity index (χ3n) is 6.51. The standard InChI is InChI=1S/C26H28N4O2/c1-4-11-30-12-10-17-14-22-20(24(17)30)6-5-7-21(22)25-28-26(32-29-25)18-8-9-23(31-16(2)3)19(13-18)15-27/h5-9,13,16-17,24H,4,10-12,14H2,1-3H3. The predicted octanol–water partition coefficient (Wildman–Crippen LogP) is 5.39. The van der Waals surface area contributed by atoms with Crippen LogP contribution in [0.15, 0.2) is 40.9 Å². The zero-order chi connectivity index (χ0) is 22.2. The summed E-state index contributed by atoms with van der Waals surface area (Å²) in [5.74, 6) is 2.27. The lowest BCUT2D eigenvalue weighted by atomic mass is 10.0. The van der Waals surface area contributed by atoms with E-state index in [9.17, 15) is 5.26 Å². The summed E-state index contributed by atoms with van der Waals surface area (Å²) in [6.07, 6.45) is 3.49. The SMILES string of the molecule is CCCN1CCC2Cc3c(-c4noc(-c5ccc(OC(C)C)c(C#N)c5)n4)cccc3C21. The highest BCUT2D eigenvalue weighted by Crippen LogP contribution is 2.48. The van der Waals surface area contributed by atoms with E-state index in [4.69, 9.17) is 14.2 Å². The van der Waals surface area contributed by atoms with Crippen LogP contribution >= 0.6 is 0 Å². The zero-order valence-corrected chi connectivity index (χ0v) is 18.8. The third-order valence-corrected chi connectivity index (χ3v) is 6.51. The minimum atomic E-state index is -0.00382. The predicted molar refractivity (Wildman–Crippen MR) is 122 cm³/mol. The van der Waals surface area contributed by atoms with Gasteiger partial charge < -0.3 is 9.26 Å². The van der Waals surface area contributed by atoms with Crippen molar-refractivity contribution in [3.05, 3.63) is 53.1 Å². The Bertz CT molecular complexity index is 1170. The lowest BCUT2D eigenvalue weighted by molar-refractivity contribution is 0.240. The maximum absolute atomic E-state index is 9.53. The zero-order valence-electron chi connectivity index (χ0n) is 18.8. The Morgan fingerprint density at radius 2 is 2.16 bits per heavy atom. The molecule has 6 nitrogen and oxygen atoms in total. The smallest absolute Gasteiger partial charge is 0.258 e. The Kier molecular flexibility index (Phi) is 5.44. The van der Waals surface area contributed by atoms with E-state index in [1.165, 1.54) is 30.5 Å². The van der Waals surface area contributed by atoms with Crippen molar-refractivity contribution in [3.63, 3.8) is 0 Å². The average Bonchev–Trinajstić information content (AvgIpc) is 3.50. The number of likely N-dealkylation sites (tertiary alicyclic amines) is 1. The van der Waals surface area contributed by atoms with Crippen molar-refractivity contribution < 1.29 is 9.26 Å². The van der Waals surface area contributed by atoms with E-state index in [0.717, 1.165) is 24.1 Å². The van der Waals surface area contributed by atoms with Gasteiger partial charge in [0, 0.05) is 17.2 Å². The molecule has 164 valence electrons. The normalized spacial score (nSPS) is 19.7. The van der Waals surface area contributed by atoms with Crippen molar-refractivity contribution in [3.8, 4) is 34.7 Å². The molecule has 2 aromatic carbocycles. The van der Waals surface area contributed by atoms with Crippen LogP contribution in [0.25, 0.3) is 22.8 Å². The van der Waals surface area contributed by atoms with Crippen LogP contribution in [0, 0.1) is 17.2 Å². The van der Waals surface area contributed by atoms with Gasteiger partial charge in [-0.15, -0.1) is 0 Å². The molecule has 2 aliphatic rings. The van der Waals surface area contributed by atoms with Gasteiger partial charge in [-0.25, -0.2) is 0 Å². The first kappa shape index (κ1) is 20.7. The molecule has 0 spiro atoms. The summed E-state index contributed by atoms with van der Waals surface area (Å²) in [6, 6.07) is 14.6. The van der Waals surface area contributed by atoms with Gasteiger partial charge >= 0.3 is 0 Å². The van der Waals surface area contributed by atoms with Gasteiger partial charge in [0.2, 0.25) is 5.82 Å². The Balaban J connectivity index is 1.46. The summed E-state index contributed by atoms with van der Waals surface area (Å²) in [4.78, 5) is 7.33. The molecule has 0 radical (unpaired) electrons. The lowest BCUT2D eigenvalue weighted by Gasteiger charge is -2.24. The van der Waals surface area contributed by atoms with Gasteiger partial charge in [-0.05, 0) is 81.4 Å². The second-order valence-corrected chi connectivity index (χ2v) is 9.02. The highest BCUT2D eigenvalue weighted by molar-refractivity contribution is 5.67. The van der Waals surface area contributed by atoms with E-state index >= 15 is 0 Å². The largest absolute Gasteiger partial charge is 0.490 e. The molecule has 32 heavy (non-hydrogen) atoms. The van der Waals surface area contributed by atoms with Crippen LogP contribution in [0.5, 0.6) is 5.75 Å². The first-order chi connectivity index (χ1) is 15.6. The fraction of sp³-hybridized carbons (Fsp3) is 0.423. The number of nitriles is 1. The highest BCUT2D eigenvalue weighted by atomic mass is 16.5. The van der Waals surface area contributed by atoms with E-state index in [0.29, 0.717) is 35.0 Å². The molecule has 2 heterocycles. The van der Waals surface area contributed by atoms with Crippen LogP contribution < -0.4 is 4.74 Å². The van der Waals surface area contributed by atoms with Crippen molar-refractivity contribution in [2.75, 3.05) is 13.1 Å². The summed E-state index contributed by atoms with van der Waals surface area (Å²) in [5, 5.41) is 13.8. The molecule has 0 saturated carbocycles. The molecule has 3 aromatic rings. The summed E-state index contributed by atoms with van der Waals surface area (Å²) >= 11 is 0. The average molecular weight is 429 g/mol. The van der Waals surface area contributed by atoms with Gasteiger partial charge in [0.1, 0.15) is 11.8 Å². The Morgan fingerprint density at radius 3 is 2.94 bits per heavy atom. The van der Waals surface area contributed by atoms with Gasteiger partial charge in [0.15, 0.2) is 0 Å². The number of hydrogen-bond donors (Lipinski definition) is 0. The summed E-state index contributed by atoms with van der Waals surface area (Å²) in [7, 11) is 0. The van der Waals surface area contributed by atoms with E-state index < -0.39 is 0 Å². The number of aromatic nitrogens is 2. The maximum Gasteiger partial charge on any atom is 0.258 e. The highest BCUT2D eigenvalue weighted by Gasteiger charge is 2.41. The molecule has 6 heteroatoms. The fourth-order valence-electron chi connectivity index (χ4n) is 5.27. The van der Waals surface area contributed by atoms with Gasteiger partial charge in [0.25, 0.3) is 5.89 Å². The molecule has 0 amide bonds. The maximum atomic E-state index is 9.53. The molecular weight excluding hydrogens is 400 g/mol. The van der Waals surface area contributed by atoms with E-state index in [2.05, 4.69) is 41.2 Å². The van der Waals surface area contributed by atoms with Crippen LogP contribution in [0.2, 0.25) is 0 Å². The molecule has 0 bridgehead atoms. The molecule has 0 N–H and O–H groups in total. The third kappa shape index (κ3) is 3.57. The first-order valence-electron chi connectivity index (χ1n) is 11.5. The monoisotopic (exact) mass is 428 g/mol. The van der Waals surface area contributed by atoms with Crippen molar-refractivity contribution in [2.45, 2.75) is 52.2 Å². The molecule has 1 fully saturated rings. The van der Waals surface area contributed by atoms with Crippen molar-refractivity contribution in [1.29, 1.82) is 5.26 Å². The first-order valence-corrected chi connectivity index (χ1v) is 11.5. The van der Waals surface area contributed by atoms with Gasteiger partial charge in [-0.2, -0.15) is 10.2 Å². The minimum Gasteiger partial charge on any atom is -0.490 e. The van der Waals surface area contributed by atoms with Crippen molar-refractivity contribution >= 4 is 0 Å². The van der Waals surface area contributed by atoms with Gasteiger partial charge in [-0.3, -0.25) is 4.90 Å². The topological polar surface area (TPSA) is 75.2 Å². The summed E-state index contributed by atoms with van der Waals surface area (Å²) < 4.78 is 11.3. The van der Waals surface area contributed by atoms with E-state index in [1.807, 2.05) is 19.9 Å². The van der Waals surface area contributed by atoms with Crippen molar-refractivity contribution in [1.82, 2.24) is 15.0 Å². The fourth-order valence-corrected chi connectivity index (χ4v) is 5.27. The number of hydrogen-bond acceptors (Lipinski definition) is 6. The number of benzene rings is 2. The molecule has 1 aromatic heterocycles. The summed E-state index contributed by atoms with van der Waals surface area (Å²) in [5.41, 5.74) is 5.01. The Hall–Kier alpha value is -3.17. The molecule has 5 rings (SSSR count). The second-order valence-electron chi connectivity index (χ2n) is 9.02. The number of rotatable bonds is 6. The van der Waals surface area contributed by atoms with Crippen LogP contribution in [0.4, 0.5) is 0 Å². The van der Waals surface area contributed by atoms with E-state index in [1.54, 1.807) is 12.1 Å². The number of ether oxygens (including phenoxy) is 1. The molecule has 2 unspecified atom stereocenters. The minimum absolute atomic E-state index is 0.00382. The quantitative estimate of drug-likeness (QED) is 0.524. The van der Waals surface area contributed by atoms with Gasteiger partial charge in [-0.1, -0.05) is 30.3 Å². The van der Waals surface area contributed by atoms with Crippen LogP contribution in [-0.4, -0.2) is 34.2 Å². The molecular formula is C26H28N4O2. The number of nitrogens with zero attached hydrogens (tertiary/aromatic N) is 4. The Morgan fingerprint density at radius 1 is 1.28 bits per heavy atom. The summed E-state index contributed by atoms with van der Waals surface area (Å²) in [6.45, 7) is 8.46. The molecule has 1 aliphatic carbocycles. The molecule has 1 saturated heterocycles. The van der Waals surface area contributed by atoms with E-state index in [-0.39, 0.29) is 6.10 Å². The van der Waals surface area contributed by atoms with Gasteiger partial charge in [0.05, 0.1) is 11.7 Å². The lowest BCUT2D eigenvalue weighted by Crippen LogP contribution is -2.24. The van der Waals surface area contributed by atoms with Crippen LogP contribution in [0.3, 0.4) is 0 Å². The van der Waals surface area contributed by atoms with Crippen LogP contribution in [-0.2, 0) is 6.42 Å². The molecule has 2 atom stereocenters. The Labute approximate surface area is 188 Å². The van der Waals surface area contributed by atoms with Crippen molar-refractivity contribution in [2.24, 2.45) is 5.92 Å². The van der Waals surface area contributed by atoms with Crippen LogP contribution in [0.1, 0.15) is 56.3 Å². The molecule has 1 aliphatic heterocycles. The second kappa shape index (κ2) is 8.40. The number of fused-ring (bicyclic) bond motifs is 3.